The fourth-order valence-corrected chi connectivity index (χ4v) is 3.95. The number of aromatic amines is 1. The summed E-state index contributed by atoms with van der Waals surface area (Å²) in [4.78, 5) is 12.9. The number of rotatable bonds is 1. The third-order valence-corrected chi connectivity index (χ3v) is 5.02. The monoisotopic (exact) mass is 319 g/mol. The maximum atomic E-state index is 4.91. The maximum Gasteiger partial charge on any atom is 0.157 e. The molecule has 0 atom stereocenters. The molecule has 2 aromatic heterocycles. The Morgan fingerprint density at radius 2 is 1.44 bits per heavy atom. The second kappa shape index (κ2) is 4.54. The SMILES string of the molecule is c1ccc(-c2nc3c4cccc5ccc6cccc(c3[nH]2)c6c54)nc1. The summed E-state index contributed by atoms with van der Waals surface area (Å²) in [5.41, 5.74) is 2.95. The normalized spacial score (nSPS) is 12.0. The van der Waals surface area contributed by atoms with Gasteiger partial charge in [-0.3, -0.25) is 4.98 Å². The lowest BCUT2D eigenvalue weighted by molar-refractivity contribution is 1.24. The van der Waals surface area contributed by atoms with Gasteiger partial charge < -0.3 is 4.98 Å². The molecular formula is C22H13N3. The second-order valence-electron chi connectivity index (χ2n) is 6.40. The Labute approximate surface area is 143 Å². The molecule has 0 unspecified atom stereocenters. The Bertz CT molecular complexity index is 1290. The molecule has 0 saturated heterocycles. The first-order valence-corrected chi connectivity index (χ1v) is 8.37. The van der Waals surface area contributed by atoms with E-state index in [0.29, 0.717) is 0 Å². The number of benzene rings is 4. The highest BCUT2D eigenvalue weighted by atomic mass is 14.9. The molecule has 0 aliphatic carbocycles. The molecular weight excluding hydrogens is 306 g/mol. The van der Waals surface area contributed by atoms with Crippen molar-refractivity contribution in [2.24, 2.45) is 0 Å². The minimum Gasteiger partial charge on any atom is -0.336 e. The lowest BCUT2D eigenvalue weighted by Gasteiger charge is -2.11. The summed E-state index contributed by atoms with van der Waals surface area (Å²) < 4.78 is 0. The molecule has 0 bridgehead atoms. The average molecular weight is 319 g/mol. The summed E-state index contributed by atoms with van der Waals surface area (Å²) in [5.74, 6) is 0.812. The summed E-state index contributed by atoms with van der Waals surface area (Å²) >= 11 is 0. The fourth-order valence-electron chi connectivity index (χ4n) is 3.95. The molecule has 1 N–H and O–H groups in total. The highest BCUT2D eigenvalue weighted by molar-refractivity contribution is 6.32. The second-order valence-corrected chi connectivity index (χ2v) is 6.40. The first-order valence-electron chi connectivity index (χ1n) is 8.37. The van der Waals surface area contributed by atoms with Crippen LogP contribution in [0.4, 0.5) is 0 Å². The Hall–Kier alpha value is -3.46. The summed E-state index contributed by atoms with van der Waals surface area (Å²) in [5, 5.41) is 7.52. The molecule has 0 saturated carbocycles. The lowest BCUT2D eigenvalue weighted by Crippen LogP contribution is -1.85. The topological polar surface area (TPSA) is 41.6 Å². The average Bonchev–Trinajstić information content (AvgIpc) is 3.13. The van der Waals surface area contributed by atoms with Gasteiger partial charge in [-0.1, -0.05) is 54.6 Å². The third-order valence-electron chi connectivity index (χ3n) is 5.02. The largest absolute Gasteiger partial charge is 0.336 e. The number of fused-ring (bicyclic) bond motifs is 3. The van der Waals surface area contributed by atoms with Crippen LogP contribution in [0.2, 0.25) is 0 Å². The minimum absolute atomic E-state index is 0.812. The third kappa shape index (κ3) is 1.64. The van der Waals surface area contributed by atoms with Gasteiger partial charge in [0.2, 0.25) is 0 Å². The van der Waals surface area contributed by atoms with Gasteiger partial charge >= 0.3 is 0 Å². The molecule has 4 aromatic carbocycles. The molecule has 6 aromatic rings. The van der Waals surface area contributed by atoms with E-state index < -0.39 is 0 Å². The van der Waals surface area contributed by atoms with Gasteiger partial charge in [0.15, 0.2) is 5.82 Å². The van der Waals surface area contributed by atoms with Crippen LogP contribution in [0, 0.1) is 0 Å². The predicted molar refractivity (Wildman–Crippen MR) is 103 cm³/mol. The van der Waals surface area contributed by atoms with Gasteiger partial charge in [0.1, 0.15) is 5.69 Å². The van der Waals surface area contributed by atoms with Gasteiger partial charge in [-0.05, 0) is 33.7 Å². The van der Waals surface area contributed by atoms with Crippen molar-refractivity contribution in [3.05, 3.63) is 72.9 Å². The number of nitrogens with zero attached hydrogens (tertiary/aromatic N) is 2. The highest BCUT2D eigenvalue weighted by Crippen LogP contribution is 2.40. The molecule has 25 heavy (non-hydrogen) atoms. The van der Waals surface area contributed by atoms with Crippen molar-refractivity contribution in [2.75, 3.05) is 0 Å². The van der Waals surface area contributed by atoms with Gasteiger partial charge in [-0.25, -0.2) is 4.98 Å². The number of pyridine rings is 1. The Morgan fingerprint density at radius 1 is 0.680 bits per heavy atom. The molecule has 2 heterocycles. The van der Waals surface area contributed by atoms with Crippen LogP contribution >= 0.6 is 0 Å². The van der Waals surface area contributed by atoms with Crippen LogP contribution in [-0.2, 0) is 0 Å². The van der Waals surface area contributed by atoms with Gasteiger partial charge in [-0.15, -0.1) is 0 Å². The summed E-state index contributed by atoms with van der Waals surface area (Å²) in [7, 11) is 0. The quantitative estimate of drug-likeness (QED) is 0.405. The maximum absolute atomic E-state index is 4.91. The molecule has 0 aliphatic rings. The Balaban J connectivity index is 1.89. The molecule has 3 heteroatoms. The zero-order valence-corrected chi connectivity index (χ0v) is 13.3. The molecule has 0 spiro atoms. The van der Waals surface area contributed by atoms with E-state index in [4.69, 9.17) is 4.98 Å². The van der Waals surface area contributed by atoms with Gasteiger partial charge in [0.25, 0.3) is 0 Å². The molecule has 3 nitrogen and oxygen atoms in total. The number of nitrogens with one attached hydrogen (secondary N) is 1. The van der Waals surface area contributed by atoms with Crippen LogP contribution < -0.4 is 0 Å². The number of hydrogen-bond acceptors (Lipinski definition) is 2. The van der Waals surface area contributed by atoms with Crippen LogP contribution in [0.25, 0.3) is 54.9 Å². The predicted octanol–water partition coefficient (Wildman–Crippen LogP) is 5.52. The van der Waals surface area contributed by atoms with Gasteiger partial charge in [-0.2, -0.15) is 0 Å². The molecule has 0 radical (unpaired) electrons. The molecule has 0 amide bonds. The van der Waals surface area contributed by atoms with E-state index in [9.17, 15) is 0 Å². The number of aromatic nitrogens is 3. The van der Waals surface area contributed by atoms with Gasteiger partial charge in [0, 0.05) is 17.0 Å². The van der Waals surface area contributed by atoms with E-state index in [-0.39, 0.29) is 0 Å². The van der Waals surface area contributed by atoms with Crippen molar-refractivity contribution in [2.45, 2.75) is 0 Å². The Kier molecular flexibility index (Phi) is 2.35. The number of imidazole rings is 1. The summed E-state index contributed by atoms with van der Waals surface area (Å²) in [6.07, 6.45) is 1.80. The van der Waals surface area contributed by atoms with Crippen molar-refractivity contribution in [1.29, 1.82) is 0 Å². The Morgan fingerprint density at radius 3 is 2.20 bits per heavy atom. The summed E-state index contributed by atoms with van der Waals surface area (Å²) in [6.45, 7) is 0. The first-order chi connectivity index (χ1) is 12.4. The number of H-pyrrole nitrogens is 1. The fraction of sp³-hybridized carbons (Fsp3) is 0. The zero-order valence-electron chi connectivity index (χ0n) is 13.3. The van der Waals surface area contributed by atoms with E-state index in [1.807, 2.05) is 18.2 Å². The van der Waals surface area contributed by atoms with E-state index in [1.165, 1.54) is 32.3 Å². The molecule has 6 rings (SSSR count). The standard InChI is InChI=1S/C22H13N3/c1-2-12-23-17(9-1)22-24-20-15-7-3-5-13-10-11-14-6-4-8-16(21(20)25-22)19(14)18(13)15/h1-12H,(H,24,25). The van der Waals surface area contributed by atoms with Crippen LogP contribution in [0.15, 0.2) is 72.9 Å². The highest BCUT2D eigenvalue weighted by Gasteiger charge is 2.16. The van der Waals surface area contributed by atoms with Crippen LogP contribution in [0.3, 0.4) is 0 Å². The van der Waals surface area contributed by atoms with Crippen molar-refractivity contribution >= 4 is 43.4 Å². The zero-order chi connectivity index (χ0) is 16.4. The van der Waals surface area contributed by atoms with Crippen molar-refractivity contribution < 1.29 is 0 Å². The van der Waals surface area contributed by atoms with Crippen LogP contribution in [-0.4, -0.2) is 15.0 Å². The van der Waals surface area contributed by atoms with Crippen molar-refractivity contribution in [1.82, 2.24) is 15.0 Å². The van der Waals surface area contributed by atoms with Crippen LogP contribution in [0.1, 0.15) is 0 Å². The van der Waals surface area contributed by atoms with E-state index in [2.05, 4.69) is 58.5 Å². The molecule has 116 valence electrons. The first kappa shape index (κ1) is 12.9. The van der Waals surface area contributed by atoms with E-state index in [0.717, 1.165) is 22.6 Å². The van der Waals surface area contributed by atoms with E-state index >= 15 is 0 Å². The van der Waals surface area contributed by atoms with Crippen LogP contribution in [0.5, 0.6) is 0 Å². The van der Waals surface area contributed by atoms with Crippen molar-refractivity contribution in [3.63, 3.8) is 0 Å². The van der Waals surface area contributed by atoms with Gasteiger partial charge in [0.05, 0.1) is 11.0 Å². The molecule has 0 aliphatic heterocycles. The molecule has 0 fully saturated rings. The van der Waals surface area contributed by atoms with Crippen molar-refractivity contribution in [3.8, 4) is 11.5 Å². The minimum atomic E-state index is 0.812. The van der Waals surface area contributed by atoms with E-state index in [1.54, 1.807) is 6.20 Å². The lowest BCUT2D eigenvalue weighted by atomic mass is 9.93. The number of hydrogen-bond donors (Lipinski definition) is 1. The summed E-state index contributed by atoms with van der Waals surface area (Å²) in [6, 6.07) is 23.2. The smallest absolute Gasteiger partial charge is 0.157 e.